The summed E-state index contributed by atoms with van der Waals surface area (Å²) in [5, 5.41) is 0. The Hall–Kier alpha value is -3.43. The molecule has 0 saturated heterocycles. The molecule has 0 N–H and O–H groups in total. The molecule has 2 aliphatic rings. The normalized spacial score (nSPS) is 21.9. The second-order valence-corrected chi connectivity index (χ2v) is 8.08. The maximum Gasteiger partial charge on any atom is 0.519 e. The molecule has 0 unspecified atom stereocenters. The standard InChI is InChI=1S/C22H24N2O8/c1-12-18(32-22(28)31-12)11-30-20(26)9-13-7-14(8-13)21(27)24-6-5-16-15(17(24)10-25)3-4-19(23-16)29-2/h3-4,10,13-14,17H,5-9,11H2,1-2H3/t13-,14+,17-/m0/s1. The number of methoxy groups -OCH3 is 1. The molecule has 1 fully saturated rings. The van der Waals surface area contributed by atoms with Crippen molar-refractivity contribution in [3.05, 3.63) is 45.5 Å². The molecule has 2 aromatic heterocycles. The maximum atomic E-state index is 13.0. The Morgan fingerprint density at radius 3 is 2.72 bits per heavy atom. The van der Waals surface area contributed by atoms with Crippen LogP contribution < -0.4 is 10.6 Å². The Kier molecular flexibility index (Phi) is 6.11. The molecule has 1 aliphatic heterocycles. The van der Waals surface area contributed by atoms with Gasteiger partial charge in [0.2, 0.25) is 11.8 Å². The number of esters is 1. The Labute approximate surface area is 183 Å². The average Bonchev–Trinajstić information content (AvgIpc) is 3.09. The molecule has 0 radical (unpaired) electrons. The number of hydrogen-bond donors (Lipinski definition) is 0. The van der Waals surface area contributed by atoms with Crippen molar-refractivity contribution in [1.29, 1.82) is 0 Å². The summed E-state index contributed by atoms with van der Waals surface area (Å²) in [6.07, 6.45) is 2.62. The molecule has 10 nitrogen and oxygen atoms in total. The van der Waals surface area contributed by atoms with Gasteiger partial charge in [0, 0.05) is 36.9 Å². The summed E-state index contributed by atoms with van der Waals surface area (Å²) >= 11 is 0. The van der Waals surface area contributed by atoms with Crippen molar-refractivity contribution in [3.8, 4) is 5.88 Å². The number of rotatable bonds is 7. The number of hydrogen-bond acceptors (Lipinski definition) is 9. The van der Waals surface area contributed by atoms with Crippen LogP contribution in [-0.2, 0) is 32.1 Å². The third kappa shape index (κ3) is 4.30. The van der Waals surface area contributed by atoms with Crippen LogP contribution in [0.5, 0.6) is 5.88 Å². The lowest BCUT2D eigenvalue weighted by Crippen LogP contribution is -2.47. The Bertz CT molecular complexity index is 1080. The highest BCUT2D eigenvalue weighted by atomic mass is 16.6. The van der Waals surface area contributed by atoms with Gasteiger partial charge in [-0.3, -0.25) is 9.59 Å². The summed E-state index contributed by atoms with van der Waals surface area (Å²) in [4.78, 5) is 53.9. The third-order valence-corrected chi connectivity index (χ3v) is 6.09. The fourth-order valence-corrected chi connectivity index (χ4v) is 4.29. The van der Waals surface area contributed by atoms with Gasteiger partial charge in [-0.25, -0.2) is 9.78 Å². The molecule has 1 amide bonds. The highest BCUT2D eigenvalue weighted by Crippen LogP contribution is 2.40. The Balaban J connectivity index is 1.29. The summed E-state index contributed by atoms with van der Waals surface area (Å²) < 4.78 is 19.8. The second-order valence-electron chi connectivity index (χ2n) is 8.08. The molecule has 2 aromatic rings. The minimum Gasteiger partial charge on any atom is -0.481 e. The highest BCUT2D eigenvalue weighted by molar-refractivity contribution is 5.84. The van der Waals surface area contributed by atoms with E-state index in [1.165, 1.54) is 7.11 Å². The van der Waals surface area contributed by atoms with E-state index in [2.05, 4.69) is 4.98 Å². The fourth-order valence-electron chi connectivity index (χ4n) is 4.29. The first-order valence-corrected chi connectivity index (χ1v) is 10.4. The smallest absolute Gasteiger partial charge is 0.481 e. The van der Waals surface area contributed by atoms with Crippen molar-refractivity contribution in [2.75, 3.05) is 13.7 Å². The van der Waals surface area contributed by atoms with Crippen molar-refractivity contribution in [2.24, 2.45) is 11.8 Å². The monoisotopic (exact) mass is 444 g/mol. The van der Waals surface area contributed by atoms with Gasteiger partial charge in [0.15, 0.2) is 18.1 Å². The molecule has 170 valence electrons. The summed E-state index contributed by atoms with van der Waals surface area (Å²) in [7, 11) is 1.53. The number of ether oxygens (including phenoxy) is 2. The van der Waals surface area contributed by atoms with E-state index < -0.39 is 17.8 Å². The van der Waals surface area contributed by atoms with Gasteiger partial charge in [-0.2, -0.15) is 0 Å². The van der Waals surface area contributed by atoms with Crippen molar-refractivity contribution >= 4 is 18.2 Å². The zero-order chi connectivity index (χ0) is 22.8. The number of carbonyl (C=O) groups is 3. The molecule has 4 rings (SSSR count). The number of amides is 1. The maximum absolute atomic E-state index is 13.0. The van der Waals surface area contributed by atoms with Crippen LogP contribution in [0, 0.1) is 18.8 Å². The van der Waals surface area contributed by atoms with Gasteiger partial charge in [0.1, 0.15) is 12.3 Å². The lowest BCUT2D eigenvalue weighted by Gasteiger charge is -2.41. The molecule has 10 heteroatoms. The fraction of sp³-hybridized carbons (Fsp3) is 0.500. The van der Waals surface area contributed by atoms with Gasteiger partial charge >= 0.3 is 11.8 Å². The first-order valence-electron chi connectivity index (χ1n) is 10.4. The molecule has 0 spiro atoms. The molecule has 32 heavy (non-hydrogen) atoms. The average molecular weight is 444 g/mol. The number of aromatic nitrogens is 1. The lowest BCUT2D eigenvalue weighted by atomic mass is 9.72. The van der Waals surface area contributed by atoms with Crippen LogP contribution in [0.15, 0.2) is 25.8 Å². The number of fused-ring (bicyclic) bond motifs is 1. The molecule has 1 saturated carbocycles. The van der Waals surface area contributed by atoms with Crippen molar-refractivity contribution in [2.45, 2.75) is 45.3 Å². The van der Waals surface area contributed by atoms with Crippen molar-refractivity contribution < 1.29 is 32.7 Å². The predicted molar refractivity (Wildman–Crippen MR) is 108 cm³/mol. The molecular formula is C22H24N2O8. The molecular weight excluding hydrogens is 420 g/mol. The van der Waals surface area contributed by atoms with Crippen molar-refractivity contribution in [3.63, 3.8) is 0 Å². The number of pyridine rings is 1. The minimum atomic E-state index is -0.835. The van der Waals surface area contributed by atoms with E-state index in [1.807, 2.05) is 0 Å². The number of aldehydes is 1. The van der Waals surface area contributed by atoms with Gasteiger partial charge in [-0.15, -0.1) is 0 Å². The first kappa shape index (κ1) is 21.8. The van der Waals surface area contributed by atoms with Crippen LogP contribution in [0.4, 0.5) is 0 Å². The lowest BCUT2D eigenvalue weighted by molar-refractivity contribution is -0.151. The topological polar surface area (TPSA) is 129 Å². The van der Waals surface area contributed by atoms with E-state index in [0.717, 1.165) is 17.5 Å². The number of nitrogens with zero attached hydrogens (tertiary/aromatic N) is 2. The predicted octanol–water partition coefficient (Wildman–Crippen LogP) is 1.73. The van der Waals surface area contributed by atoms with Gasteiger partial charge in [0.25, 0.3) is 0 Å². The minimum absolute atomic E-state index is 0.0339. The highest BCUT2D eigenvalue weighted by Gasteiger charge is 2.41. The Morgan fingerprint density at radius 2 is 2.06 bits per heavy atom. The van der Waals surface area contributed by atoms with Gasteiger partial charge in [-0.05, 0) is 31.7 Å². The Morgan fingerprint density at radius 1 is 1.28 bits per heavy atom. The number of aryl methyl sites for hydroxylation is 1. The van der Waals surface area contributed by atoms with E-state index in [9.17, 15) is 19.2 Å². The molecule has 1 atom stereocenters. The van der Waals surface area contributed by atoms with Crippen molar-refractivity contribution in [1.82, 2.24) is 9.88 Å². The van der Waals surface area contributed by atoms with E-state index in [4.69, 9.17) is 18.3 Å². The summed E-state index contributed by atoms with van der Waals surface area (Å²) in [6, 6.07) is 2.80. The molecule has 3 heterocycles. The summed E-state index contributed by atoms with van der Waals surface area (Å²) in [6.45, 7) is 1.79. The van der Waals surface area contributed by atoms with E-state index in [0.29, 0.717) is 31.7 Å². The molecule has 0 bridgehead atoms. The van der Waals surface area contributed by atoms with Gasteiger partial charge < -0.3 is 28.0 Å². The zero-order valence-corrected chi connectivity index (χ0v) is 17.9. The number of carbonyl (C=O) groups excluding carboxylic acids is 3. The molecule has 1 aliphatic carbocycles. The van der Waals surface area contributed by atoms with Crippen LogP contribution >= 0.6 is 0 Å². The quantitative estimate of drug-likeness (QED) is 0.463. The first-order chi connectivity index (χ1) is 15.4. The largest absolute Gasteiger partial charge is 0.519 e. The SMILES string of the molecule is COc1ccc2c(n1)CCN(C(=O)[C@H]1C[C@@H](CC(=O)OCc3oc(=O)oc3C)C1)[C@H]2C=O. The van der Waals surface area contributed by atoms with Gasteiger partial charge in [0.05, 0.1) is 12.8 Å². The third-order valence-electron chi connectivity index (χ3n) is 6.09. The van der Waals surface area contributed by atoms with E-state index in [1.54, 1.807) is 24.0 Å². The molecule has 0 aromatic carbocycles. The zero-order valence-electron chi connectivity index (χ0n) is 17.9. The summed E-state index contributed by atoms with van der Waals surface area (Å²) in [5.74, 6) is -0.597. The van der Waals surface area contributed by atoms with E-state index in [-0.39, 0.29) is 42.3 Å². The van der Waals surface area contributed by atoms with Crippen LogP contribution in [0.25, 0.3) is 0 Å². The van der Waals surface area contributed by atoms with Crippen LogP contribution in [-0.4, -0.2) is 41.7 Å². The van der Waals surface area contributed by atoms with E-state index >= 15 is 0 Å². The van der Waals surface area contributed by atoms with Crippen LogP contribution in [0.1, 0.15) is 48.1 Å². The second kappa shape index (κ2) is 8.97. The van der Waals surface area contributed by atoms with Crippen LogP contribution in [0.3, 0.4) is 0 Å². The summed E-state index contributed by atoms with van der Waals surface area (Å²) in [5.41, 5.74) is 1.49. The van der Waals surface area contributed by atoms with Gasteiger partial charge in [-0.1, -0.05) is 0 Å². The van der Waals surface area contributed by atoms with Crippen LogP contribution in [0.2, 0.25) is 0 Å².